The van der Waals surface area contributed by atoms with Gasteiger partial charge in [-0.15, -0.1) is 0 Å². The van der Waals surface area contributed by atoms with Crippen LogP contribution in [0.25, 0.3) is 5.69 Å². The topological polar surface area (TPSA) is 34.9 Å². The van der Waals surface area contributed by atoms with Crippen LogP contribution in [0, 0.1) is 0 Å². The van der Waals surface area contributed by atoms with Crippen molar-refractivity contribution in [3.63, 3.8) is 0 Å². The molecule has 3 nitrogen and oxygen atoms in total. The Kier molecular flexibility index (Phi) is 3.02. The highest BCUT2D eigenvalue weighted by molar-refractivity contribution is 9.11. The first-order chi connectivity index (χ1) is 7.18. The van der Waals surface area contributed by atoms with E-state index < -0.39 is 0 Å². The predicted molar refractivity (Wildman–Crippen MR) is 65.2 cm³/mol. The summed E-state index contributed by atoms with van der Waals surface area (Å²) in [7, 11) is 0. The van der Waals surface area contributed by atoms with E-state index in [1.54, 1.807) is 6.20 Å². The quantitative estimate of drug-likeness (QED) is 0.806. The molecule has 0 radical (unpaired) electrons. The summed E-state index contributed by atoms with van der Waals surface area (Å²) >= 11 is 6.36. The molecule has 0 aliphatic rings. The number of rotatable bonds is 1. The SMILES string of the molecule is O=c1c(Br)nc(Br)cn1-c1ccccc1. The third-order valence-corrected chi connectivity index (χ3v) is 2.77. The minimum Gasteiger partial charge on any atom is -0.279 e. The van der Waals surface area contributed by atoms with Crippen LogP contribution in [0.4, 0.5) is 0 Å². The maximum Gasteiger partial charge on any atom is 0.288 e. The molecule has 0 atom stereocenters. The van der Waals surface area contributed by atoms with Crippen LogP contribution in [-0.4, -0.2) is 9.55 Å². The Balaban J connectivity index is 2.69. The number of hydrogen-bond donors (Lipinski definition) is 0. The van der Waals surface area contributed by atoms with E-state index in [1.165, 1.54) is 4.57 Å². The van der Waals surface area contributed by atoms with Crippen molar-refractivity contribution in [2.24, 2.45) is 0 Å². The molecule has 15 heavy (non-hydrogen) atoms. The van der Waals surface area contributed by atoms with Gasteiger partial charge in [0.05, 0.1) is 0 Å². The minimum atomic E-state index is -0.176. The van der Waals surface area contributed by atoms with Crippen LogP contribution in [-0.2, 0) is 0 Å². The molecule has 0 amide bonds. The van der Waals surface area contributed by atoms with Crippen molar-refractivity contribution in [1.29, 1.82) is 0 Å². The first kappa shape index (κ1) is 10.6. The van der Waals surface area contributed by atoms with E-state index in [2.05, 4.69) is 36.8 Å². The van der Waals surface area contributed by atoms with Gasteiger partial charge in [-0.05, 0) is 44.0 Å². The Morgan fingerprint density at radius 1 is 1.13 bits per heavy atom. The van der Waals surface area contributed by atoms with Crippen molar-refractivity contribution in [2.75, 3.05) is 0 Å². The third kappa shape index (κ3) is 2.18. The van der Waals surface area contributed by atoms with Gasteiger partial charge in [-0.3, -0.25) is 9.36 Å². The number of nitrogens with zero attached hydrogens (tertiary/aromatic N) is 2. The summed E-state index contributed by atoms with van der Waals surface area (Å²) in [6.45, 7) is 0. The molecule has 2 rings (SSSR count). The van der Waals surface area contributed by atoms with Crippen molar-refractivity contribution in [3.05, 3.63) is 56.1 Å². The van der Waals surface area contributed by atoms with Gasteiger partial charge in [-0.25, -0.2) is 4.98 Å². The molecular weight excluding hydrogens is 324 g/mol. The molecule has 5 heteroatoms. The van der Waals surface area contributed by atoms with Gasteiger partial charge in [0.25, 0.3) is 5.56 Å². The zero-order chi connectivity index (χ0) is 10.8. The molecule has 0 aliphatic heterocycles. The zero-order valence-electron chi connectivity index (χ0n) is 7.52. The molecule has 0 fully saturated rings. The number of halogens is 2. The van der Waals surface area contributed by atoms with Crippen molar-refractivity contribution in [1.82, 2.24) is 9.55 Å². The van der Waals surface area contributed by atoms with Crippen LogP contribution in [0.5, 0.6) is 0 Å². The summed E-state index contributed by atoms with van der Waals surface area (Å²) in [5.74, 6) is 0. The number of para-hydroxylation sites is 1. The molecule has 0 aliphatic carbocycles. The number of aromatic nitrogens is 2. The summed E-state index contributed by atoms with van der Waals surface area (Å²) in [4.78, 5) is 15.7. The monoisotopic (exact) mass is 328 g/mol. The molecule has 0 saturated heterocycles. The second kappa shape index (κ2) is 4.28. The summed E-state index contributed by atoms with van der Waals surface area (Å²) in [5, 5.41) is 0. The van der Waals surface area contributed by atoms with Crippen LogP contribution < -0.4 is 5.56 Å². The largest absolute Gasteiger partial charge is 0.288 e. The van der Waals surface area contributed by atoms with E-state index in [0.29, 0.717) is 9.21 Å². The van der Waals surface area contributed by atoms with E-state index >= 15 is 0 Å². The van der Waals surface area contributed by atoms with Gasteiger partial charge in [0.15, 0.2) is 4.60 Å². The first-order valence-electron chi connectivity index (χ1n) is 4.18. The van der Waals surface area contributed by atoms with E-state index in [-0.39, 0.29) is 5.56 Å². The molecule has 0 bridgehead atoms. The molecule has 76 valence electrons. The molecule has 0 saturated carbocycles. The Morgan fingerprint density at radius 3 is 2.47 bits per heavy atom. The average molecular weight is 330 g/mol. The summed E-state index contributed by atoms with van der Waals surface area (Å²) in [5.41, 5.74) is 0.635. The lowest BCUT2D eigenvalue weighted by Gasteiger charge is -2.05. The fraction of sp³-hybridized carbons (Fsp3) is 0. The summed E-state index contributed by atoms with van der Waals surface area (Å²) in [6, 6.07) is 9.38. The van der Waals surface area contributed by atoms with Gasteiger partial charge in [-0.2, -0.15) is 0 Å². The van der Waals surface area contributed by atoms with E-state index in [4.69, 9.17) is 0 Å². The fourth-order valence-corrected chi connectivity index (χ4v) is 2.22. The van der Waals surface area contributed by atoms with Crippen molar-refractivity contribution in [3.8, 4) is 5.69 Å². The highest BCUT2D eigenvalue weighted by Gasteiger charge is 2.05. The lowest BCUT2D eigenvalue weighted by atomic mass is 10.3. The van der Waals surface area contributed by atoms with Crippen LogP contribution in [0.3, 0.4) is 0 Å². The Bertz CT molecular complexity index is 537. The van der Waals surface area contributed by atoms with Crippen LogP contribution in [0.2, 0.25) is 0 Å². The molecule has 1 aromatic heterocycles. The maximum absolute atomic E-state index is 11.8. The highest BCUT2D eigenvalue weighted by Crippen LogP contribution is 2.11. The zero-order valence-corrected chi connectivity index (χ0v) is 10.7. The van der Waals surface area contributed by atoms with Crippen LogP contribution >= 0.6 is 31.9 Å². The Hall–Kier alpha value is -0.940. The molecule has 1 aromatic carbocycles. The standard InChI is InChI=1S/C10H6Br2N2O/c11-8-6-14(10(15)9(12)13-8)7-4-2-1-3-5-7/h1-6H. The van der Waals surface area contributed by atoms with Gasteiger partial charge in [0.1, 0.15) is 4.60 Å². The summed E-state index contributed by atoms with van der Waals surface area (Å²) < 4.78 is 2.43. The van der Waals surface area contributed by atoms with Gasteiger partial charge in [0, 0.05) is 11.9 Å². The van der Waals surface area contributed by atoms with E-state index in [0.717, 1.165) is 5.69 Å². The lowest BCUT2D eigenvalue weighted by molar-refractivity contribution is 0.925. The van der Waals surface area contributed by atoms with Gasteiger partial charge in [-0.1, -0.05) is 18.2 Å². The predicted octanol–water partition coefficient (Wildman–Crippen LogP) is 2.76. The second-order valence-electron chi connectivity index (χ2n) is 2.87. The van der Waals surface area contributed by atoms with Gasteiger partial charge >= 0.3 is 0 Å². The lowest BCUT2D eigenvalue weighted by Crippen LogP contribution is -2.19. The third-order valence-electron chi connectivity index (χ3n) is 1.87. The van der Waals surface area contributed by atoms with E-state index in [9.17, 15) is 4.79 Å². The Morgan fingerprint density at radius 2 is 1.80 bits per heavy atom. The highest BCUT2D eigenvalue weighted by atomic mass is 79.9. The van der Waals surface area contributed by atoms with Crippen molar-refractivity contribution in [2.45, 2.75) is 0 Å². The smallest absolute Gasteiger partial charge is 0.279 e. The summed E-state index contributed by atoms with van der Waals surface area (Å²) in [6.07, 6.45) is 1.64. The van der Waals surface area contributed by atoms with Gasteiger partial charge < -0.3 is 0 Å². The van der Waals surface area contributed by atoms with Crippen molar-refractivity contribution >= 4 is 31.9 Å². The van der Waals surface area contributed by atoms with Crippen LogP contribution in [0.15, 0.2) is 50.5 Å². The Labute approximate surface area is 103 Å². The number of benzene rings is 1. The normalized spacial score (nSPS) is 10.3. The number of hydrogen-bond acceptors (Lipinski definition) is 2. The molecule has 2 aromatic rings. The molecule has 0 spiro atoms. The second-order valence-corrected chi connectivity index (χ2v) is 4.43. The minimum absolute atomic E-state index is 0.176. The molecule has 0 N–H and O–H groups in total. The van der Waals surface area contributed by atoms with E-state index in [1.807, 2.05) is 30.3 Å². The van der Waals surface area contributed by atoms with Gasteiger partial charge in [0.2, 0.25) is 0 Å². The average Bonchev–Trinajstić information content (AvgIpc) is 2.24. The fourth-order valence-electron chi connectivity index (χ4n) is 1.22. The maximum atomic E-state index is 11.8. The first-order valence-corrected chi connectivity index (χ1v) is 5.77. The molecular formula is C10H6Br2N2O. The molecule has 1 heterocycles. The van der Waals surface area contributed by atoms with Crippen molar-refractivity contribution < 1.29 is 0 Å². The van der Waals surface area contributed by atoms with Crippen LogP contribution in [0.1, 0.15) is 0 Å². The molecule has 0 unspecified atom stereocenters.